The Kier molecular flexibility index (Phi) is 3.74. The van der Waals surface area contributed by atoms with E-state index in [0.717, 1.165) is 6.08 Å². The molecule has 0 aliphatic heterocycles. The van der Waals surface area contributed by atoms with Crippen LogP contribution in [0.25, 0.3) is 6.08 Å². The lowest BCUT2D eigenvalue weighted by Crippen LogP contribution is -1.91. The van der Waals surface area contributed by atoms with Crippen LogP contribution in [0.1, 0.15) is 5.56 Å². The largest absolute Gasteiger partial charge is 0.497 e. The molecular formula is C11H12O4. The molecule has 80 valence electrons. The molecule has 0 aliphatic carbocycles. The molecule has 0 saturated heterocycles. The van der Waals surface area contributed by atoms with E-state index in [9.17, 15) is 4.79 Å². The van der Waals surface area contributed by atoms with Gasteiger partial charge in [-0.15, -0.1) is 0 Å². The van der Waals surface area contributed by atoms with Gasteiger partial charge in [0.1, 0.15) is 11.5 Å². The first kappa shape index (κ1) is 11.1. The molecule has 0 amide bonds. The summed E-state index contributed by atoms with van der Waals surface area (Å²) in [6, 6.07) is 5.17. The smallest absolute Gasteiger partial charge is 0.328 e. The van der Waals surface area contributed by atoms with Crippen LogP contribution < -0.4 is 9.47 Å². The molecule has 0 heterocycles. The molecular weight excluding hydrogens is 196 g/mol. The highest BCUT2D eigenvalue weighted by Crippen LogP contribution is 2.25. The van der Waals surface area contributed by atoms with Gasteiger partial charge in [0, 0.05) is 17.7 Å². The van der Waals surface area contributed by atoms with Crippen LogP contribution >= 0.6 is 0 Å². The average Bonchev–Trinajstić information content (AvgIpc) is 2.25. The van der Waals surface area contributed by atoms with E-state index in [2.05, 4.69) is 0 Å². The fourth-order valence-corrected chi connectivity index (χ4v) is 1.12. The van der Waals surface area contributed by atoms with Gasteiger partial charge in [-0.1, -0.05) is 0 Å². The van der Waals surface area contributed by atoms with Gasteiger partial charge in [-0.25, -0.2) is 4.79 Å². The summed E-state index contributed by atoms with van der Waals surface area (Å²) in [6.07, 6.45) is 2.53. The van der Waals surface area contributed by atoms with Crippen molar-refractivity contribution in [3.8, 4) is 11.5 Å². The maximum Gasteiger partial charge on any atom is 0.328 e. The van der Waals surface area contributed by atoms with Crippen molar-refractivity contribution in [2.75, 3.05) is 14.2 Å². The highest BCUT2D eigenvalue weighted by atomic mass is 16.5. The van der Waals surface area contributed by atoms with E-state index in [1.54, 1.807) is 25.3 Å². The van der Waals surface area contributed by atoms with Gasteiger partial charge < -0.3 is 14.6 Å². The van der Waals surface area contributed by atoms with Crippen LogP contribution in [0, 0.1) is 0 Å². The first-order valence-electron chi connectivity index (χ1n) is 4.30. The predicted octanol–water partition coefficient (Wildman–Crippen LogP) is 1.80. The Morgan fingerprint density at radius 2 is 2.07 bits per heavy atom. The molecule has 0 aliphatic rings. The first-order valence-corrected chi connectivity index (χ1v) is 4.30. The summed E-state index contributed by atoms with van der Waals surface area (Å²) < 4.78 is 10.1. The topological polar surface area (TPSA) is 55.8 Å². The third-order valence-electron chi connectivity index (χ3n) is 1.85. The Morgan fingerprint density at radius 1 is 1.33 bits per heavy atom. The molecule has 15 heavy (non-hydrogen) atoms. The van der Waals surface area contributed by atoms with Gasteiger partial charge in [-0.05, 0) is 18.2 Å². The number of carboxylic acids is 1. The molecule has 0 radical (unpaired) electrons. The lowest BCUT2D eigenvalue weighted by molar-refractivity contribution is -0.131. The van der Waals surface area contributed by atoms with Crippen molar-refractivity contribution < 1.29 is 19.4 Å². The Morgan fingerprint density at radius 3 is 2.60 bits per heavy atom. The van der Waals surface area contributed by atoms with Gasteiger partial charge in [0.05, 0.1) is 14.2 Å². The van der Waals surface area contributed by atoms with Crippen LogP contribution in [0.15, 0.2) is 24.3 Å². The van der Waals surface area contributed by atoms with E-state index in [1.165, 1.54) is 13.2 Å². The van der Waals surface area contributed by atoms with E-state index in [4.69, 9.17) is 14.6 Å². The Balaban J connectivity index is 3.02. The zero-order chi connectivity index (χ0) is 11.3. The first-order chi connectivity index (χ1) is 7.17. The van der Waals surface area contributed by atoms with Gasteiger partial charge in [-0.3, -0.25) is 0 Å². The third-order valence-corrected chi connectivity index (χ3v) is 1.85. The van der Waals surface area contributed by atoms with Crippen LogP contribution in [-0.2, 0) is 4.79 Å². The van der Waals surface area contributed by atoms with Crippen LogP contribution in [-0.4, -0.2) is 25.3 Å². The molecule has 0 bridgehead atoms. The second-order valence-corrected chi connectivity index (χ2v) is 2.78. The van der Waals surface area contributed by atoms with Crippen LogP contribution in [0.4, 0.5) is 0 Å². The molecule has 1 aromatic carbocycles. The number of ether oxygens (including phenoxy) is 2. The van der Waals surface area contributed by atoms with Crippen molar-refractivity contribution in [1.82, 2.24) is 0 Å². The van der Waals surface area contributed by atoms with Crippen molar-refractivity contribution in [3.63, 3.8) is 0 Å². The van der Waals surface area contributed by atoms with Crippen molar-refractivity contribution >= 4 is 12.0 Å². The standard InChI is InChI=1S/C11H12O4/c1-14-9-5-3-8(4-6-11(12)13)10(7-9)15-2/h3-7H,1-2H3,(H,12,13)/b6-4+. The molecule has 4 nitrogen and oxygen atoms in total. The monoisotopic (exact) mass is 208 g/mol. The summed E-state index contributed by atoms with van der Waals surface area (Å²) in [4.78, 5) is 10.3. The molecule has 0 saturated carbocycles. The number of hydrogen-bond donors (Lipinski definition) is 1. The van der Waals surface area contributed by atoms with Gasteiger partial charge >= 0.3 is 5.97 Å². The molecule has 4 heteroatoms. The molecule has 0 fully saturated rings. The Bertz CT molecular complexity index is 382. The fraction of sp³-hybridized carbons (Fsp3) is 0.182. The van der Waals surface area contributed by atoms with Crippen molar-refractivity contribution in [2.45, 2.75) is 0 Å². The highest BCUT2D eigenvalue weighted by molar-refractivity contribution is 5.86. The van der Waals surface area contributed by atoms with E-state index >= 15 is 0 Å². The van der Waals surface area contributed by atoms with Gasteiger partial charge in [-0.2, -0.15) is 0 Å². The number of carbonyl (C=O) groups is 1. The minimum absolute atomic E-state index is 0.576. The van der Waals surface area contributed by atoms with E-state index < -0.39 is 5.97 Å². The summed E-state index contributed by atoms with van der Waals surface area (Å²) in [6.45, 7) is 0. The number of methoxy groups -OCH3 is 2. The maximum absolute atomic E-state index is 10.3. The summed E-state index contributed by atoms with van der Waals surface area (Å²) in [5, 5.41) is 8.49. The van der Waals surface area contributed by atoms with Crippen LogP contribution in [0.3, 0.4) is 0 Å². The number of hydrogen-bond acceptors (Lipinski definition) is 3. The predicted molar refractivity (Wildman–Crippen MR) is 56.2 cm³/mol. The third kappa shape index (κ3) is 3.02. The summed E-state index contributed by atoms with van der Waals surface area (Å²) in [5.41, 5.74) is 0.695. The SMILES string of the molecule is COc1ccc(/C=C/C(=O)O)c(OC)c1. The quantitative estimate of drug-likeness (QED) is 0.766. The lowest BCUT2D eigenvalue weighted by Gasteiger charge is -2.06. The highest BCUT2D eigenvalue weighted by Gasteiger charge is 2.02. The molecule has 1 rings (SSSR count). The molecule has 1 N–H and O–H groups in total. The second kappa shape index (κ2) is 5.05. The van der Waals surface area contributed by atoms with Crippen molar-refractivity contribution in [1.29, 1.82) is 0 Å². The summed E-state index contributed by atoms with van der Waals surface area (Å²) >= 11 is 0. The minimum atomic E-state index is -0.993. The van der Waals surface area contributed by atoms with Crippen molar-refractivity contribution in [3.05, 3.63) is 29.8 Å². The van der Waals surface area contributed by atoms with E-state index in [0.29, 0.717) is 17.1 Å². The normalized spacial score (nSPS) is 10.3. The average molecular weight is 208 g/mol. The van der Waals surface area contributed by atoms with Crippen LogP contribution in [0.2, 0.25) is 0 Å². The van der Waals surface area contributed by atoms with Crippen LogP contribution in [0.5, 0.6) is 11.5 Å². The van der Waals surface area contributed by atoms with Gasteiger partial charge in [0.2, 0.25) is 0 Å². The zero-order valence-electron chi connectivity index (χ0n) is 8.56. The number of rotatable bonds is 4. The summed E-state index contributed by atoms with van der Waals surface area (Å²) in [7, 11) is 3.08. The molecule has 1 aromatic rings. The van der Waals surface area contributed by atoms with Gasteiger partial charge in [0.25, 0.3) is 0 Å². The molecule has 0 unspecified atom stereocenters. The Hall–Kier alpha value is -1.97. The number of aliphatic carboxylic acids is 1. The summed E-state index contributed by atoms with van der Waals surface area (Å²) in [5.74, 6) is 0.249. The maximum atomic E-state index is 10.3. The van der Waals surface area contributed by atoms with Crippen molar-refractivity contribution in [2.24, 2.45) is 0 Å². The van der Waals surface area contributed by atoms with E-state index in [-0.39, 0.29) is 0 Å². The van der Waals surface area contributed by atoms with E-state index in [1.807, 2.05) is 0 Å². The fourth-order valence-electron chi connectivity index (χ4n) is 1.12. The Labute approximate surface area is 87.7 Å². The second-order valence-electron chi connectivity index (χ2n) is 2.78. The molecule has 0 aromatic heterocycles. The molecule has 0 atom stereocenters. The number of benzene rings is 1. The van der Waals surface area contributed by atoms with Gasteiger partial charge in [0.15, 0.2) is 0 Å². The molecule has 0 spiro atoms. The number of carboxylic acid groups (broad SMARTS) is 1. The lowest BCUT2D eigenvalue weighted by atomic mass is 10.2. The minimum Gasteiger partial charge on any atom is -0.497 e. The zero-order valence-corrected chi connectivity index (χ0v) is 8.56.